The van der Waals surface area contributed by atoms with Crippen LogP contribution in [0.15, 0.2) is 121 Å². The molecule has 0 N–H and O–H groups in total. The minimum absolute atomic E-state index is 0.158. The highest BCUT2D eigenvalue weighted by molar-refractivity contribution is 7.17. The maximum Gasteiger partial charge on any atom is 0.308 e. The summed E-state index contributed by atoms with van der Waals surface area (Å²) in [6.07, 6.45) is 32.2. The molecule has 2 aromatic heterocycles. The van der Waals surface area contributed by atoms with E-state index in [-0.39, 0.29) is 12.8 Å². The average molecular weight is 762 g/mol. The van der Waals surface area contributed by atoms with Crippen LogP contribution in [-0.4, -0.2) is 62.0 Å². The minimum Gasteiger partial charge on any atom is -0.494 e. The molecule has 1 aliphatic heterocycles. The summed E-state index contributed by atoms with van der Waals surface area (Å²) >= 11 is 1.81. The van der Waals surface area contributed by atoms with E-state index >= 15 is 0 Å². The van der Waals surface area contributed by atoms with Crippen LogP contribution in [0.25, 0.3) is 21.0 Å². The van der Waals surface area contributed by atoms with Crippen molar-refractivity contribution in [2.24, 2.45) is 0 Å². The maximum absolute atomic E-state index is 12.2. The van der Waals surface area contributed by atoms with Crippen molar-refractivity contribution in [3.63, 3.8) is 0 Å². The van der Waals surface area contributed by atoms with Crippen molar-refractivity contribution in [2.45, 2.75) is 77.6 Å². The first kappa shape index (κ1) is 41.5. The first-order valence-corrected chi connectivity index (χ1v) is 21.1. The van der Waals surface area contributed by atoms with Crippen LogP contribution in [0.5, 0.6) is 11.6 Å². The topological polar surface area (TPSA) is 64.1 Å². The summed E-state index contributed by atoms with van der Waals surface area (Å²) in [6, 6.07) is 18.6. The Morgan fingerprint density at radius 3 is 2.22 bits per heavy atom. The second-order valence-electron chi connectivity index (χ2n) is 13.8. The molecule has 7 nitrogen and oxygen atoms in total. The lowest BCUT2D eigenvalue weighted by Gasteiger charge is -2.36. The first-order chi connectivity index (χ1) is 27.2. The molecule has 2 aromatic carbocycles. The molecular formula is C47H59N3O4S. The number of esters is 1. The lowest BCUT2D eigenvalue weighted by atomic mass is 10.2. The number of carbonyl (C=O) groups is 1. The Hall–Kier alpha value is -4.66. The Balaban J connectivity index is 0.880. The number of allylic oxidation sites excluding steroid dienone is 10. The van der Waals surface area contributed by atoms with E-state index in [0.29, 0.717) is 18.9 Å². The number of fused-ring (bicyclic) bond motifs is 2. The van der Waals surface area contributed by atoms with Crippen molar-refractivity contribution in [2.75, 3.05) is 51.0 Å². The molecule has 5 rings (SSSR count). The number of nitrogens with zero attached hydrogens (tertiary/aromatic N) is 3. The number of rotatable bonds is 24. The van der Waals surface area contributed by atoms with Gasteiger partial charge in [-0.3, -0.25) is 9.69 Å². The van der Waals surface area contributed by atoms with Gasteiger partial charge in [0, 0.05) is 65.9 Å². The van der Waals surface area contributed by atoms with Gasteiger partial charge in [0.1, 0.15) is 5.75 Å². The van der Waals surface area contributed by atoms with Gasteiger partial charge in [-0.2, -0.15) is 0 Å². The number of ether oxygens (including phenoxy) is 3. The van der Waals surface area contributed by atoms with E-state index in [1.54, 1.807) is 6.07 Å². The number of anilines is 1. The summed E-state index contributed by atoms with van der Waals surface area (Å²) in [5.41, 5.74) is 2.15. The van der Waals surface area contributed by atoms with E-state index in [1.807, 2.05) is 35.6 Å². The standard InChI is InChI=1S/C47H59N3O4S/c1-2-3-4-5-6-7-8-9-10-11-12-13-14-15-16-17-18-19-25-47(51)54-39-53-46-29-27-40-26-28-41(38-43(40)48-46)52-36-21-20-31-49-32-34-50(35-33-49)44-23-22-24-45-42(44)30-37-55-45/h4-5,7-8,10-11,13-14,16-17,22-24,26-30,37-38H,2-3,6,9,12,15,18-21,25,31-36,39H2,1H3. The van der Waals surface area contributed by atoms with Crippen molar-refractivity contribution in [1.82, 2.24) is 9.88 Å². The molecule has 0 saturated carbocycles. The Bertz CT molecular complexity index is 1870. The third kappa shape index (κ3) is 15.2. The molecule has 0 atom stereocenters. The molecule has 3 heterocycles. The molecule has 0 aliphatic carbocycles. The molecule has 0 bridgehead atoms. The zero-order valence-electron chi connectivity index (χ0n) is 32.7. The van der Waals surface area contributed by atoms with Gasteiger partial charge >= 0.3 is 5.97 Å². The molecule has 292 valence electrons. The molecule has 55 heavy (non-hydrogen) atoms. The van der Waals surface area contributed by atoms with E-state index in [2.05, 4.69) is 112 Å². The van der Waals surface area contributed by atoms with Crippen LogP contribution in [0.3, 0.4) is 0 Å². The van der Waals surface area contributed by atoms with Gasteiger partial charge in [-0.25, -0.2) is 4.98 Å². The minimum atomic E-state index is -0.270. The summed E-state index contributed by atoms with van der Waals surface area (Å²) in [5.74, 6) is 0.940. The molecule has 1 saturated heterocycles. The van der Waals surface area contributed by atoms with Crippen LogP contribution in [0.2, 0.25) is 0 Å². The fourth-order valence-corrected chi connectivity index (χ4v) is 7.23. The monoisotopic (exact) mass is 761 g/mol. The number of pyridine rings is 1. The summed E-state index contributed by atoms with van der Waals surface area (Å²) in [7, 11) is 0. The smallest absolute Gasteiger partial charge is 0.308 e. The molecule has 0 radical (unpaired) electrons. The number of benzene rings is 2. The number of piperazine rings is 1. The van der Waals surface area contributed by atoms with E-state index in [1.165, 1.54) is 28.6 Å². The fourth-order valence-electron chi connectivity index (χ4n) is 6.42. The predicted molar refractivity (Wildman–Crippen MR) is 231 cm³/mol. The number of hydrogen-bond acceptors (Lipinski definition) is 8. The van der Waals surface area contributed by atoms with Crippen LogP contribution in [-0.2, 0) is 9.53 Å². The zero-order chi connectivity index (χ0) is 38.2. The van der Waals surface area contributed by atoms with Gasteiger partial charge in [0.2, 0.25) is 12.7 Å². The normalized spacial score (nSPS) is 14.2. The van der Waals surface area contributed by atoms with Gasteiger partial charge in [-0.05, 0) is 106 Å². The third-order valence-corrected chi connectivity index (χ3v) is 10.4. The van der Waals surface area contributed by atoms with Crippen LogP contribution >= 0.6 is 11.3 Å². The van der Waals surface area contributed by atoms with Crippen molar-refractivity contribution in [1.29, 1.82) is 0 Å². The molecule has 4 aromatic rings. The fraction of sp³-hybridized carbons (Fsp3) is 0.404. The quantitative estimate of drug-likeness (QED) is 0.0305. The van der Waals surface area contributed by atoms with Crippen LogP contribution in [0.1, 0.15) is 77.6 Å². The number of hydrogen-bond donors (Lipinski definition) is 0. The van der Waals surface area contributed by atoms with Gasteiger partial charge in [0.25, 0.3) is 0 Å². The Labute approximate surface area is 332 Å². The predicted octanol–water partition coefficient (Wildman–Crippen LogP) is 11.6. The van der Waals surface area contributed by atoms with Crippen molar-refractivity contribution in [3.8, 4) is 11.6 Å². The Morgan fingerprint density at radius 2 is 1.47 bits per heavy atom. The average Bonchev–Trinajstić information content (AvgIpc) is 3.70. The van der Waals surface area contributed by atoms with E-state index in [0.717, 1.165) is 101 Å². The molecule has 8 heteroatoms. The van der Waals surface area contributed by atoms with Crippen LogP contribution < -0.4 is 14.4 Å². The van der Waals surface area contributed by atoms with Gasteiger partial charge in [0.15, 0.2) is 0 Å². The SMILES string of the molecule is CCCC=CCC=CCC=CCC=CCC=CCCCC(=O)OCOc1ccc2ccc(OCCCCN3CCN(c4cccc5sccc45)CC3)cc2n1. The largest absolute Gasteiger partial charge is 0.494 e. The molecule has 0 amide bonds. The molecule has 1 fully saturated rings. The number of carbonyl (C=O) groups excluding carboxylic acids is 1. The number of thiophene rings is 1. The third-order valence-electron chi connectivity index (χ3n) is 9.52. The van der Waals surface area contributed by atoms with Crippen molar-refractivity contribution in [3.05, 3.63) is 121 Å². The highest BCUT2D eigenvalue weighted by Gasteiger charge is 2.18. The second kappa shape index (κ2) is 24.7. The van der Waals surface area contributed by atoms with E-state index in [4.69, 9.17) is 14.2 Å². The van der Waals surface area contributed by atoms with Crippen LogP contribution in [0, 0.1) is 0 Å². The van der Waals surface area contributed by atoms with Gasteiger partial charge in [0.05, 0.1) is 12.1 Å². The Morgan fingerprint density at radius 1 is 0.764 bits per heavy atom. The highest BCUT2D eigenvalue weighted by atomic mass is 32.1. The highest BCUT2D eigenvalue weighted by Crippen LogP contribution is 2.31. The first-order valence-electron chi connectivity index (χ1n) is 20.2. The number of unbranched alkanes of at least 4 members (excludes halogenated alkanes) is 3. The summed E-state index contributed by atoms with van der Waals surface area (Å²) in [5, 5.41) is 4.56. The molecule has 0 spiro atoms. The van der Waals surface area contributed by atoms with Crippen molar-refractivity contribution >= 4 is 44.0 Å². The van der Waals surface area contributed by atoms with Gasteiger partial charge in [-0.15, -0.1) is 11.3 Å². The van der Waals surface area contributed by atoms with E-state index in [9.17, 15) is 4.79 Å². The second-order valence-corrected chi connectivity index (χ2v) is 14.7. The van der Waals surface area contributed by atoms with E-state index < -0.39 is 0 Å². The number of aromatic nitrogens is 1. The summed E-state index contributed by atoms with van der Waals surface area (Å²) in [4.78, 5) is 21.9. The van der Waals surface area contributed by atoms with Gasteiger partial charge in [-0.1, -0.05) is 80.2 Å². The zero-order valence-corrected chi connectivity index (χ0v) is 33.5. The van der Waals surface area contributed by atoms with Gasteiger partial charge < -0.3 is 19.1 Å². The Kier molecular flexibility index (Phi) is 18.6. The lowest BCUT2D eigenvalue weighted by Crippen LogP contribution is -2.46. The molecule has 1 aliphatic rings. The molecule has 0 unspecified atom stereocenters. The van der Waals surface area contributed by atoms with Crippen molar-refractivity contribution < 1.29 is 19.0 Å². The summed E-state index contributed by atoms with van der Waals surface area (Å²) < 4.78 is 18.4. The molecular weight excluding hydrogens is 703 g/mol. The maximum atomic E-state index is 12.2. The van der Waals surface area contributed by atoms with Crippen LogP contribution in [0.4, 0.5) is 5.69 Å². The lowest BCUT2D eigenvalue weighted by molar-refractivity contribution is -0.150. The summed E-state index contributed by atoms with van der Waals surface area (Å²) in [6.45, 7) is 8.11.